The van der Waals surface area contributed by atoms with E-state index in [-0.39, 0.29) is 29.8 Å². The van der Waals surface area contributed by atoms with E-state index < -0.39 is 0 Å². The highest BCUT2D eigenvalue weighted by atomic mass is 16.2. The van der Waals surface area contributed by atoms with Crippen molar-refractivity contribution in [2.45, 2.75) is 45.7 Å². The molecule has 3 unspecified atom stereocenters. The molecule has 14 heavy (non-hydrogen) atoms. The van der Waals surface area contributed by atoms with Gasteiger partial charge in [-0.2, -0.15) is 0 Å². The topological polar surface area (TPSA) is 58.2 Å². The molecule has 0 aromatic heterocycles. The Morgan fingerprint density at radius 3 is 2.36 bits per heavy atom. The maximum atomic E-state index is 11.6. The predicted octanol–water partition coefficient (Wildman–Crippen LogP) is 0.426. The van der Waals surface area contributed by atoms with Gasteiger partial charge in [0.1, 0.15) is 12.1 Å². The van der Waals surface area contributed by atoms with Crippen LogP contribution >= 0.6 is 0 Å². The zero-order valence-corrected chi connectivity index (χ0v) is 8.96. The van der Waals surface area contributed by atoms with Crippen LogP contribution in [-0.4, -0.2) is 23.9 Å². The van der Waals surface area contributed by atoms with E-state index in [1.54, 1.807) is 0 Å². The Bertz CT molecular complexity index is 240. The highest BCUT2D eigenvalue weighted by molar-refractivity contribution is 5.96. The van der Waals surface area contributed by atoms with Gasteiger partial charge in [0.05, 0.1) is 0 Å². The average Bonchev–Trinajstić information content (AvgIpc) is 2.19. The summed E-state index contributed by atoms with van der Waals surface area (Å²) in [5.41, 5.74) is 0. The second kappa shape index (κ2) is 4.44. The lowest BCUT2D eigenvalue weighted by molar-refractivity contribution is -0.138. The molecule has 4 heteroatoms. The van der Waals surface area contributed by atoms with Crippen molar-refractivity contribution in [2.24, 2.45) is 5.92 Å². The molecule has 1 aliphatic heterocycles. The molecule has 0 saturated carbocycles. The van der Waals surface area contributed by atoms with Gasteiger partial charge in [0, 0.05) is 0 Å². The molecular formula is C10H18N2O2. The Balaban J connectivity index is 2.66. The second-order valence-electron chi connectivity index (χ2n) is 3.84. The summed E-state index contributed by atoms with van der Waals surface area (Å²) in [4.78, 5) is 23.1. The van der Waals surface area contributed by atoms with Crippen molar-refractivity contribution in [3.63, 3.8) is 0 Å². The van der Waals surface area contributed by atoms with Gasteiger partial charge in [-0.25, -0.2) is 0 Å². The Hall–Kier alpha value is -1.06. The number of hydrogen-bond donors (Lipinski definition) is 2. The van der Waals surface area contributed by atoms with Crippen molar-refractivity contribution < 1.29 is 9.59 Å². The molecule has 0 aromatic carbocycles. The lowest BCUT2D eigenvalue weighted by Gasteiger charge is -2.32. The molecule has 2 amide bonds. The van der Waals surface area contributed by atoms with Gasteiger partial charge in [0.25, 0.3) is 0 Å². The summed E-state index contributed by atoms with van der Waals surface area (Å²) in [6.45, 7) is 5.86. The Kier molecular flexibility index (Phi) is 3.49. The van der Waals surface area contributed by atoms with Gasteiger partial charge in [-0.3, -0.25) is 9.59 Å². The molecule has 1 rings (SSSR count). The second-order valence-corrected chi connectivity index (χ2v) is 3.84. The van der Waals surface area contributed by atoms with E-state index in [0.717, 1.165) is 6.42 Å². The van der Waals surface area contributed by atoms with Crippen LogP contribution in [0.3, 0.4) is 0 Å². The first-order valence-corrected chi connectivity index (χ1v) is 5.20. The van der Waals surface area contributed by atoms with Crippen LogP contribution in [0.5, 0.6) is 0 Å². The van der Waals surface area contributed by atoms with Gasteiger partial charge in [0.15, 0.2) is 0 Å². The van der Waals surface area contributed by atoms with E-state index in [2.05, 4.69) is 10.6 Å². The third-order valence-electron chi connectivity index (χ3n) is 2.83. The maximum absolute atomic E-state index is 11.6. The summed E-state index contributed by atoms with van der Waals surface area (Å²) in [6, 6.07) is -0.696. The molecule has 0 aromatic rings. The number of carbonyl (C=O) groups excluding carboxylic acids is 2. The van der Waals surface area contributed by atoms with Crippen LogP contribution in [-0.2, 0) is 9.59 Å². The van der Waals surface area contributed by atoms with Crippen molar-refractivity contribution in [3.8, 4) is 0 Å². The lowest BCUT2D eigenvalue weighted by Crippen LogP contribution is -2.63. The van der Waals surface area contributed by atoms with Gasteiger partial charge >= 0.3 is 0 Å². The van der Waals surface area contributed by atoms with Crippen LogP contribution in [0.2, 0.25) is 0 Å². The molecule has 1 saturated heterocycles. The molecule has 80 valence electrons. The first-order valence-electron chi connectivity index (χ1n) is 5.20. The first-order chi connectivity index (χ1) is 6.60. The van der Waals surface area contributed by atoms with E-state index in [9.17, 15) is 9.59 Å². The molecule has 0 spiro atoms. The standard InChI is InChI=1S/C10H18N2O2/c1-4-6(3)8-10(14)11-7(5-2)9(13)12-8/h6-8H,4-5H2,1-3H3,(H,11,14)(H,12,13). The quantitative estimate of drug-likeness (QED) is 0.690. The maximum Gasteiger partial charge on any atom is 0.243 e. The van der Waals surface area contributed by atoms with Crippen molar-refractivity contribution >= 4 is 11.8 Å². The zero-order chi connectivity index (χ0) is 10.7. The minimum absolute atomic E-state index is 0.0502. The normalized spacial score (nSPS) is 29.4. The number of hydrogen-bond acceptors (Lipinski definition) is 2. The molecule has 3 atom stereocenters. The third kappa shape index (κ3) is 2.05. The van der Waals surface area contributed by atoms with E-state index in [1.807, 2.05) is 20.8 Å². The highest BCUT2D eigenvalue weighted by Crippen LogP contribution is 2.12. The summed E-state index contributed by atoms with van der Waals surface area (Å²) in [5.74, 6) is 0.0833. The number of piperazine rings is 1. The van der Waals surface area contributed by atoms with Crippen LogP contribution in [0.25, 0.3) is 0 Å². The lowest BCUT2D eigenvalue weighted by atomic mass is 9.95. The van der Waals surface area contributed by atoms with E-state index in [4.69, 9.17) is 0 Å². The summed E-state index contributed by atoms with van der Waals surface area (Å²) in [7, 11) is 0. The third-order valence-corrected chi connectivity index (χ3v) is 2.83. The van der Waals surface area contributed by atoms with Crippen LogP contribution in [0, 0.1) is 5.92 Å². The molecular weight excluding hydrogens is 180 g/mol. The molecule has 0 radical (unpaired) electrons. The summed E-state index contributed by atoms with van der Waals surface area (Å²) in [5, 5.41) is 5.50. The Morgan fingerprint density at radius 1 is 1.21 bits per heavy atom. The zero-order valence-electron chi connectivity index (χ0n) is 8.96. The molecule has 0 bridgehead atoms. The van der Waals surface area contributed by atoms with Crippen molar-refractivity contribution in [1.82, 2.24) is 10.6 Å². The van der Waals surface area contributed by atoms with E-state index >= 15 is 0 Å². The number of amides is 2. The van der Waals surface area contributed by atoms with Crippen molar-refractivity contribution in [2.75, 3.05) is 0 Å². The van der Waals surface area contributed by atoms with Gasteiger partial charge in [-0.1, -0.05) is 27.2 Å². The minimum Gasteiger partial charge on any atom is -0.343 e. The van der Waals surface area contributed by atoms with E-state index in [0.29, 0.717) is 6.42 Å². The molecule has 1 aliphatic rings. The monoisotopic (exact) mass is 198 g/mol. The summed E-state index contributed by atoms with van der Waals surface area (Å²) in [6.07, 6.45) is 1.53. The Morgan fingerprint density at radius 2 is 1.86 bits per heavy atom. The molecule has 1 heterocycles. The number of nitrogens with one attached hydrogen (secondary N) is 2. The smallest absolute Gasteiger partial charge is 0.243 e. The van der Waals surface area contributed by atoms with Gasteiger partial charge in [0.2, 0.25) is 11.8 Å². The van der Waals surface area contributed by atoms with Crippen LogP contribution in [0.4, 0.5) is 0 Å². The van der Waals surface area contributed by atoms with Gasteiger partial charge in [-0.05, 0) is 12.3 Å². The van der Waals surface area contributed by atoms with Gasteiger partial charge in [-0.15, -0.1) is 0 Å². The van der Waals surface area contributed by atoms with E-state index in [1.165, 1.54) is 0 Å². The van der Waals surface area contributed by atoms with Crippen LogP contribution in [0.1, 0.15) is 33.6 Å². The molecule has 1 fully saturated rings. The van der Waals surface area contributed by atoms with Crippen LogP contribution in [0.15, 0.2) is 0 Å². The van der Waals surface area contributed by atoms with Crippen molar-refractivity contribution in [3.05, 3.63) is 0 Å². The Labute approximate surface area is 84.4 Å². The largest absolute Gasteiger partial charge is 0.343 e. The first kappa shape index (κ1) is 11.0. The molecule has 2 N–H and O–H groups in total. The number of carbonyl (C=O) groups is 2. The SMILES string of the molecule is CCC1NC(=O)C(C(C)CC)NC1=O. The summed E-state index contributed by atoms with van der Waals surface area (Å²) < 4.78 is 0. The van der Waals surface area contributed by atoms with Gasteiger partial charge < -0.3 is 10.6 Å². The molecule has 0 aliphatic carbocycles. The van der Waals surface area contributed by atoms with Crippen LogP contribution < -0.4 is 10.6 Å². The summed E-state index contributed by atoms with van der Waals surface area (Å²) >= 11 is 0. The number of rotatable bonds is 3. The fraction of sp³-hybridized carbons (Fsp3) is 0.800. The average molecular weight is 198 g/mol. The fourth-order valence-electron chi connectivity index (χ4n) is 1.57. The fourth-order valence-corrected chi connectivity index (χ4v) is 1.57. The minimum atomic E-state index is -0.352. The predicted molar refractivity (Wildman–Crippen MR) is 53.6 cm³/mol. The highest BCUT2D eigenvalue weighted by Gasteiger charge is 2.34. The van der Waals surface area contributed by atoms with Crippen molar-refractivity contribution in [1.29, 1.82) is 0 Å². The molecule has 4 nitrogen and oxygen atoms in total.